The fraction of sp³-hybridized carbons (Fsp3) is 0.235. The Hall–Kier alpha value is -2.12. The Bertz CT molecular complexity index is 718. The highest BCUT2D eigenvalue weighted by molar-refractivity contribution is 8.00. The minimum Gasteiger partial charge on any atom is -0.293 e. The largest absolute Gasteiger partial charge is 0.293 e. The van der Waals surface area contributed by atoms with Crippen LogP contribution in [0, 0.1) is 32.1 Å². The van der Waals surface area contributed by atoms with Crippen LogP contribution in [0.5, 0.6) is 0 Å². The first-order chi connectivity index (χ1) is 10.0. The van der Waals surface area contributed by atoms with Crippen molar-refractivity contribution in [2.24, 2.45) is 0 Å². The van der Waals surface area contributed by atoms with Gasteiger partial charge in [0.2, 0.25) is 0 Å². The molecule has 1 aromatic heterocycles. The second-order valence-electron chi connectivity index (χ2n) is 4.82. The van der Waals surface area contributed by atoms with Crippen molar-refractivity contribution >= 4 is 17.5 Å². The van der Waals surface area contributed by atoms with Gasteiger partial charge in [0, 0.05) is 11.3 Å². The number of Topliss-reactive ketones (excluding diaryl/α,β-unsaturated/α-hetero) is 1. The third-order valence-electron chi connectivity index (χ3n) is 3.51. The Morgan fingerprint density at radius 2 is 1.86 bits per heavy atom. The maximum atomic E-state index is 12.1. The van der Waals surface area contributed by atoms with E-state index >= 15 is 0 Å². The van der Waals surface area contributed by atoms with E-state index in [0.717, 1.165) is 16.8 Å². The predicted octanol–water partition coefficient (Wildman–Crippen LogP) is 3.85. The predicted molar refractivity (Wildman–Crippen MR) is 84.7 cm³/mol. The highest BCUT2D eigenvalue weighted by Crippen LogP contribution is 2.26. The molecule has 0 fully saturated rings. The summed E-state index contributed by atoms with van der Waals surface area (Å²) in [6.45, 7) is 5.81. The van der Waals surface area contributed by atoms with Gasteiger partial charge in [-0.15, -0.1) is 0 Å². The molecular formula is C17H16N2OS. The molecule has 2 rings (SSSR count). The molecule has 0 N–H and O–H groups in total. The van der Waals surface area contributed by atoms with Crippen LogP contribution in [0.3, 0.4) is 0 Å². The molecular weight excluding hydrogens is 280 g/mol. The molecule has 0 saturated heterocycles. The molecule has 0 bridgehead atoms. The number of carbonyl (C=O) groups is 1. The first kappa shape index (κ1) is 15.3. The number of aryl methyl sites for hydroxylation is 1. The van der Waals surface area contributed by atoms with Crippen LogP contribution >= 0.6 is 11.8 Å². The van der Waals surface area contributed by atoms with Crippen molar-refractivity contribution in [2.75, 3.05) is 5.75 Å². The van der Waals surface area contributed by atoms with Gasteiger partial charge in [-0.3, -0.25) is 4.79 Å². The van der Waals surface area contributed by atoms with Crippen molar-refractivity contribution in [2.45, 2.75) is 25.8 Å². The number of hydrogen-bond acceptors (Lipinski definition) is 4. The molecule has 0 unspecified atom stereocenters. The van der Waals surface area contributed by atoms with Gasteiger partial charge in [-0.25, -0.2) is 4.98 Å². The van der Waals surface area contributed by atoms with Crippen molar-refractivity contribution in [1.29, 1.82) is 5.26 Å². The number of carbonyl (C=O) groups excluding carboxylic acids is 1. The van der Waals surface area contributed by atoms with Gasteiger partial charge < -0.3 is 0 Å². The first-order valence-corrected chi connectivity index (χ1v) is 7.62. The van der Waals surface area contributed by atoms with Crippen LogP contribution in [0.1, 0.15) is 32.7 Å². The molecule has 0 aliphatic carbocycles. The van der Waals surface area contributed by atoms with Gasteiger partial charge in [0.05, 0.1) is 11.3 Å². The van der Waals surface area contributed by atoms with E-state index < -0.39 is 0 Å². The van der Waals surface area contributed by atoms with Crippen molar-refractivity contribution in [3.8, 4) is 6.07 Å². The zero-order valence-corrected chi connectivity index (χ0v) is 13.1. The topological polar surface area (TPSA) is 53.8 Å². The van der Waals surface area contributed by atoms with Crippen LogP contribution in [0.2, 0.25) is 0 Å². The molecule has 0 amide bonds. The van der Waals surface area contributed by atoms with Crippen LogP contribution in [0.4, 0.5) is 0 Å². The lowest BCUT2D eigenvalue weighted by atomic mass is 10.1. The van der Waals surface area contributed by atoms with Gasteiger partial charge in [0.25, 0.3) is 0 Å². The van der Waals surface area contributed by atoms with E-state index in [1.165, 1.54) is 11.8 Å². The fourth-order valence-electron chi connectivity index (χ4n) is 1.99. The minimum absolute atomic E-state index is 0.0437. The van der Waals surface area contributed by atoms with Crippen LogP contribution in [-0.2, 0) is 0 Å². The molecule has 4 heteroatoms. The Morgan fingerprint density at radius 3 is 2.48 bits per heavy atom. The summed E-state index contributed by atoms with van der Waals surface area (Å²) in [4.78, 5) is 16.6. The number of rotatable bonds is 4. The molecule has 21 heavy (non-hydrogen) atoms. The van der Waals surface area contributed by atoms with E-state index in [1.807, 2.05) is 39.0 Å². The monoisotopic (exact) mass is 296 g/mol. The van der Waals surface area contributed by atoms with Crippen LogP contribution < -0.4 is 0 Å². The number of pyridine rings is 1. The summed E-state index contributed by atoms with van der Waals surface area (Å²) in [5, 5.41) is 9.95. The van der Waals surface area contributed by atoms with Gasteiger partial charge in [-0.2, -0.15) is 5.26 Å². The molecule has 0 aliphatic rings. The summed E-state index contributed by atoms with van der Waals surface area (Å²) in [7, 11) is 0. The molecule has 106 valence electrons. The normalized spacial score (nSPS) is 10.2. The van der Waals surface area contributed by atoms with Gasteiger partial charge in [-0.05, 0) is 31.9 Å². The van der Waals surface area contributed by atoms with E-state index in [-0.39, 0.29) is 11.5 Å². The van der Waals surface area contributed by atoms with E-state index in [0.29, 0.717) is 16.2 Å². The fourth-order valence-corrected chi connectivity index (χ4v) is 2.97. The smallest absolute Gasteiger partial charge is 0.173 e. The Balaban J connectivity index is 2.22. The zero-order valence-electron chi connectivity index (χ0n) is 12.3. The number of ketones is 1. The third kappa shape index (κ3) is 3.32. The van der Waals surface area contributed by atoms with Crippen LogP contribution in [-0.4, -0.2) is 16.5 Å². The minimum atomic E-state index is 0.0437. The lowest BCUT2D eigenvalue weighted by Gasteiger charge is -2.10. The molecule has 0 saturated carbocycles. The summed E-state index contributed by atoms with van der Waals surface area (Å²) in [6, 6.07) is 11.4. The van der Waals surface area contributed by atoms with Gasteiger partial charge in [0.15, 0.2) is 5.78 Å². The first-order valence-electron chi connectivity index (χ1n) is 6.63. The van der Waals surface area contributed by atoms with E-state index in [9.17, 15) is 10.1 Å². The number of nitrogens with zero attached hydrogens (tertiary/aromatic N) is 2. The lowest BCUT2D eigenvalue weighted by molar-refractivity contribution is 0.102. The molecule has 1 heterocycles. The van der Waals surface area contributed by atoms with Gasteiger partial charge >= 0.3 is 0 Å². The van der Waals surface area contributed by atoms with Crippen LogP contribution in [0.15, 0.2) is 35.4 Å². The van der Waals surface area contributed by atoms with E-state index in [2.05, 4.69) is 11.1 Å². The third-order valence-corrected chi connectivity index (χ3v) is 4.49. The van der Waals surface area contributed by atoms with Crippen molar-refractivity contribution < 1.29 is 4.79 Å². The Morgan fingerprint density at radius 1 is 1.19 bits per heavy atom. The zero-order chi connectivity index (χ0) is 15.4. The van der Waals surface area contributed by atoms with Crippen LogP contribution in [0.25, 0.3) is 0 Å². The van der Waals surface area contributed by atoms with Gasteiger partial charge in [-0.1, -0.05) is 42.1 Å². The van der Waals surface area contributed by atoms with Crippen molar-refractivity contribution in [3.63, 3.8) is 0 Å². The van der Waals surface area contributed by atoms with Crippen molar-refractivity contribution in [1.82, 2.24) is 4.98 Å². The molecule has 0 radical (unpaired) electrons. The summed E-state index contributed by atoms with van der Waals surface area (Å²) in [5.41, 5.74) is 4.14. The molecule has 0 atom stereocenters. The second-order valence-corrected chi connectivity index (χ2v) is 5.78. The van der Waals surface area contributed by atoms with Crippen molar-refractivity contribution in [3.05, 3.63) is 58.3 Å². The summed E-state index contributed by atoms with van der Waals surface area (Å²) < 4.78 is 0. The summed E-state index contributed by atoms with van der Waals surface area (Å²) in [5.74, 6) is 0.329. The number of nitriles is 1. The van der Waals surface area contributed by atoms with E-state index in [1.54, 1.807) is 12.1 Å². The second kappa shape index (κ2) is 6.55. The maximum Gasteiger partial charge on any atom is 0.173 e. The quantitative estimate of drug-likeness (QED) is 0.635. The average Bonchev–Trinajstić information content (AvgIpc) is 2.51. The summed E-state index contributed by atoms with van der Waals surface area (Å²) >= 11 is 1.33. The Kier molecular flexibility index (Phi) is 4.77. The molecule has 0 spiro atoms. The lowest BCUT2D eigenvalue weighted by Crippen LogP contribution is -2.04. The average molecular weight is 296 g/mol. The number of aromatic nitrogens is 1. The highest BCUT2D eigenvalue weighted by Gasteiger charge is 2.14. The number of thioether (sulfide) groups is 1. The highest BCUT2D eigenvalue weighted by atomic mass is 32.2. The maximum absolute atomic E-state index is 12.1. The SMILES string of the molecule is Cc1nc(SCC(=O)c2ccccc2)c(C#N)c(C)c1C. The number of hydrogen-bond donors (Lipinski definition) is 0. The molecule has 1 aromatic carbocycles. The Labute approximate surface area is 129 Å². The molecule has 0 aliphatic heterocycles. The van der Waals surface area contributed by atoms with E-state index in [4.69, 9.17) is 0 Å². The van der Waals surface area contributed by atoms with Gasteiger partial charge in [0.1, 0.15) is 11.1 Å². The summed E-state index contributed by atoms with van der Waals surface area (Å²) in [6.07, 6.45) is 0. The standard InChI is InChI=1S/C17H16N2OS/c1-11-12(2)15(9-18)17(19-13(11)3)21-10-16(20)14-7-5-4-6-8-14/h4-8H,10H2,1-3H3. The molecule has 2 aromatic rings. The molecule has 3 nitrogen and oxygen atoms in total. The number of benzene rings is 1.